The molecule has 34 heavy (non-hydrogen) atoms. The summed E-state index contributed by atoms with van der Waals surface area (Å²) < 4.78 is 7.08. The van der Waals surface area contributed by atoms with E-state index in [0.29, 0.717) is 12.1 Å². The zero-order valence-electron chi connectivity index (χ0n) is 19.9. The molecule has 0 aliphatic heterocycles. The molecule has 9 nitrogen and oxygen atoms in total. The van der Waals surface area contributed by atoms with Crippen LogP contribution in [0.1, 0.15) is 67.9 Å². The van der Waals surface area contributed by atoms with Crippen LogP contribution in [0.5, 0.6) is 5.75 Å². The zero-order valence-corrected chi connectivity index (χ0v) is 19.9. The molecule has 180 valence electrons. The van der Waals surface area contributed by atoms with Gasteiger partial charge in [-0.2, -0.15) is 5.10 Å². The van der Waals surface area contributed by atoms with Crippen molar-refractivity contribution in [1.82, 2.24) is 20.1 Å². The zero-order chi connectivity index (χ0) is 24.1. The lowest BCUT2D eigenvalue weighted by Gasteiger charge is -2.26. The lowest BCUT2D eigenvalue weighted by atomic mass is 9.93. The van der Waals surface area contributed by atoms with Crippen molar-refractivity contribution in [3.8, 4) is 5.75 Å². The lowest BCUT2D eigenvalue weighted by Crippen LogP contribution is -2.31. The third-order valence-electron chi connectivity index (χ3n) is 6.49. The maximum Gasteiger partial charge on any atom is 0.255 e. The van der Waals surface area contributed by atoms with E-state index in [4.69, 9.17) is 9.94 Å². The van der Waals surface area contributed by atoms with E-state index >= 15 is 0 Å². The Bertz CT molecular complexity index is 1160. The summed E-state index contributed by atoms with van der Waals surface area (Å²) in [4.78, 5) is 18.1. The molecular formula is C25H32N6O3. The first-order valence-electron chi connectivity index (χ1n) is 11.8. The van der Waals surface area contributed by atoms with Crippen LogP contribution < -0.4 is 15.4 Å². The predicted octanol–water partition coefficient (Wildman–Crippen LogP) is 4.53. The second kappa shape index (κ2) is 10.5. The summed E-state index contributed by atoms with van der Waals surface area (Å²) in [5, 5.41) is 24.5. The molecule has 1 fully saturated rings. The summed E-state index contributed by atoms with van der Waals surface area (Å²) in [6.45, 7) is 4.75. The van der Waals surface area contributed by atoms with Crippen LogP contribution in [0.15, 0.2) is 41.8 Å². The van der Waals surface area contributed by atoms with E-state index in [2.05, 4.69) is 25.9 Å². The highest BCUT2D eigenvalue weighted by Gasteiger charge is 2.24. The molecule has 1 aliphatic rings. The Kier molecular flexibility index (Phi) is 7.30. The van der Waals surface area contributed by atoms with Gasteiger partial charge in [0.05, 0.1) is 41.7 Å². The number of nitrogens with zero attached hydrogens (tertiary/aromatic N) is 4. The van der Waals surface area contributed by atoms with E-state index < -0.39 is 0 Å². The number of aromatic nitrogens is 3. The van der Waals surface area contributed by atoms with Gasteiger partial charge in [0, 0.05) is 18.8 Å². The highest BCUT2D eigenvalue weighted by atomic mass is 16.5. The van der Waals surface area contributed by atoms with Crippen molar-refractivity contribution in [2.75, 3.05) is 12.4 Å². The molecule has 1 aromatic carbocycles. The van der Waals surface area contributed by atoms with Gasteiger partial charge in [-0.3, -0.25) is 4.79 Å². The Morgan fingerprint density at radius 3 is 2.59 bits per heavy atom. The first-order valence-corrected chi connectivity index (χ1v) is 11.8. The number of anilines is 1. The predicted molar refractivity (Wildman–Crippen MR) is 132 cm³/mol. The summed E-state index contributed by atoms with van der Waals surface area (Å²) in [5.41, 5.74) is 3.83. The highest BCUT2D eigenvalue weighted by molar-refractivity contribution is 6.06. The summed E-state index contributed by atoms with van der Waals surface area (Å²) in [6.07, 6.45) is 7.27. The third kappa shape index (κ3) is 4.83. The van der Waals surface area contributed by atoms with Crippen LogP contribution in [-0.4, -0.2) is 44.7 Å². The Labute approximate surface area is 199 Å². The highest BCUT2D eigenvalue weighted by Crippen LogP contribution is 2.30. The van der Waals surface area contributed by atoms with Crippen molar-refractivity contribution in [2.24, 2.45) is 5.16 Å². The number of amides is 1. The molecule has 2 aromatic heterocycles. The SMILES string of the molecule is CCC(NC(=O)c1cnc2c(cnn2CC)c1NC1CCC(=NO)CC1)c1ccc(OC)cc1. The third-order valence-corrected chi connectivity index (χ3v) is 6.49. The fraction of sp³-hybridized carbons (Fsp3) is 0.440. The molecule has 3 N–H and O–H groups in total. The summed E-state index contributed by atoms with van der Waals surface area (Å²) in [6, 6.07) is 7.77. The van der Waals surface area contributed by atoms with Crippen molar-refractivity contribution < 1.29 is 14.7 Å². The van der Waals surface area contributed by atoms with Crippen LogP contribution in [0.25, 0.3) is 11.0 Å². The molecule has 4 rings (SSSR count). The minimum absolute atomic E-state index is 0.140. The fourth-order valence-corrected chi connectivity index (χ4v) is 4.48. The number of pyridine rings is 1. The number of methoxy groups -OCH3 is 1. The van der Waals surface area contributed by atoms with Gasteiger partial charge in [-0.25, -0.2) is 9.67 Å². The first kappa shape index (κ1) is 23.5. The number of aryl methyl sites for hydroxylation is 1. The van der Waals surface area contributed by atoms with E-state index in [1.807, 2.05) is 42.8 Å². The minimum Gasteiger partial charge on any atom is -0.497 e. The number of oxime groups is 1. The van der Waals surface area contributed by atoms with Gasteiger partial charge >= 0.3 is 0 Å². The molecule has 1 amide bonds. The number of nitrogens with one attached hydrogen (secondary N) is 2. The van der Waals surface area contributed by atoms with Crippen molar-refractivity contribution in [3.63, 3.8) is 0 Å². The molecule has 1 unspecified atom stereocenters. The van der Waals surface area contributed by atoms with E-state index in [0.717, 1.165) is 65.8 Å². The second-order valence-corrected chi connectivity index (χ2v) is 8.54. The van der Waals surface area contributed by atoms with Crippen molar-refractivity contribution in [2.45, 2.75) is 64.6 Å². The summed E-state index contributed by atoms with van der Waals surface area (Å²) in [5.74, 6) is 0.595. The van der Waals surface area contributed by atoms with Crippen LogP contribution in [0.3, 0.4) is 0 Å². The molecule has 0 saturated heterocycles. The molecule has 0 spiro atoms. The van der Waals surface area contributed by atoms with Crippen molar-refractivity contribution in [3.05, 3.63) is 47.8 Å². The molecule has 1 aliphatic carbocycles. The van der Waals surface area contributed by atoms with E-state index in [1.165, 1.54) is 0 Å². The van der Waals surface area contributed by atoms with Gasteiger partial charge < -0.3 is 20.6 Å². The van der Waals surface area contributed by atoms with Crippen LogP contribution in [0, 0.1) is 0 Å². The standard InChI is InChI=1S/C25H32N6O3/c1-4-22(16-6-12-19(34-3)13-7-16)29-25(32)21-14-26-24-20(15-27-31(24)5-2)23(21)28-17-8-10-18(30-33)11-9-17/h6-7,12-15,17,22,33H,4-5,8-11H2,1-3H3,(H,26,28)(H,29,32). The number of hydrogen-bond donors (Lipinski definition) is 3. The molecule has 2 heterocycles. The van der Waals surface area contributed by atoms with Gasteiger partial charge in [0.25, 0.3) is 5.91 Å². The summed E-state index contributed by atoms with van der Waals surface area (Å²) >= 11 is 0. The molecule has 0 radical (unpaired) electrons. The number of carbonyl (C=O) groups excluding carboxylic acids is 1. The monoisotopic (exact) mass is 464 g/mol. The van der Waals surface area contributed by atoms with E-state index in [9.17, 15) is 4.79 Å². The number of benzene rings is 1. The van der Waals surface area contributed by atoms with Gasteiger partial charge in [0.1, 0.15) is 5.75 Å². The van der Waals surface area contributed by atoms with Gasteiger partial charge in [-0.15, -0.1) is 0 Å². The van der Waals surface area contributed by atoms with Crippen LogP contribution in [0.4, 0.5) is 5.69 Å². The van der Waals surface area contributed by atoms with Gasteiger partial charge in [0.2, 0.25) is 0 Å². The Morgan fingerprint density at radius 1 is 1.24 bits per heavy atom. The minimum atomic E-state index is -0.183. The Morgan fingerprint density at radius 2 is 1.97 bits per heavy atom. The average Bonchev–Trinajstić information content (AvgIpc) is 3.31. The summed E-state index contributed by atoms with van der Waals surface area (Å²) in [7, 11) is 1.64. The number of rotatable bonds is 8. The molecule has 3 aromatic rings. The van der Waals surface area contributed by atoms with Crippen molar-refractivity contribution in [1.29, 1.82) is 0 Å². The van der Waals surface area contributed by atoms with Gasteiger partial charge in [0.15, 0.2) is 5.65 Å². The molecule has 0 bridgehead atoms. The van der Waals surface area contributed by atoms with Crippen LogP contribution in [-0.2, 0) is 6.54 Å². The first-order chi connectivity index (χ1) is 16.6. The number of hydrogen-bond acceptors (Lipinski definition) is 7. The maximum atomic E-state index is 13.5. The van der Waals surface area contributed by atoms with Crippen LogP contribution in [0.2, 0.25) is 0 Å². The largest absolute Gasteiger partial charge is 0.497 e. The maximum absolute atomic E-state index is 13.5. The Balaban J connectivity index is 1.63. The average molecular weight is 465 g/mol. The topological polar surface area (TPSA) is 114 Å². The van der Waals surface area contributed by atoms with Gasteiger partial charge in [-0.1, -0.05) is 24.2 Å². The lowest BCUT2D eigenvalue weighted by molar-refractivity contribution is 0.0936. The number of ether oxygens (including phenoxy) is 1. The van der Waals surface area contributed by atoms with E-state index in [1.54, 1.807) is 19.5 Å². The van der Waals surface area contributed by atoms with E-state index in [-0.39, 0.29) is 18.0 Å². The molecule has 9 heteroatoms. The smallest absolute Gasteiger partial charge is 0.255 e. The number of fused-ring (bicyclic) bond motifs is 1. The fourth-order valence-electron chi connectivity index (χ4n) is 4.48. The molecule has 1 atom stereocenters. The second-order valence-electron chi connectivity index (χ2n) is 8.54. The Hall–Kier alpha value is -3.62. The van der Waals surface area contributed by atoms with Crippen molar-refractivity contribution >= 4 is 28.3 Å². The number of carbonyl (C=O) groups is 1. The van der Waals surface area contributed by atoms with Gasteiger partial charge in [-0.05, 0) is 56.7 Å². The molecular weight excluding hydrogens is 432 g/mol. The van der Waals surface area contributed by atoms with Crippen LogP contribution >= 0.6 is 0 Å². The quantitative estimate of drug-likeness (QED) is 0.333. The normalized spacial score (nSPS) is 16.8. The molecule has 1 saturated carbocycles.